The molecule has 0 fully saturated rings. The number of halogens is 1. The lowest BCUT2D eigenvalue weighted by atomic mass is 10.1. The van der Waals surface area contributed by atoms with Crippen LogP contribution in [0, 0.1) is 24.1 Å². The first-order valence-corrected chi connectivity index (χ1v) is 11.9. The zero-order chi connectivity index (χ0) is 23.6. The fourth-order valence-corrected chi connectivity index (χ4v) is 4.19. The van der Waals surface area contributed by atoms with Crippen LogP contribution in [0.1, 0.15) is 11.1 Å². The van der Waals surface area contributed by atoms with E-state index in [9.17, 15) is 0 Å². The largest absolute Gasteiger partial charge is 0.456 e. The van der Waals surface area contributed by atoms with Gasteiger partial charge in [-0.05, 0) is 54.4 Å². The van der Waals surface area contributed by atoms with Crippen molar-refractivity contribution in [2.75, 3.05) is 0 Å². The number of aromatic nitrogens is 1. The molecule has 3 aromatic carbocycles. The zero-order valence-corrected chi connectivity index (χ0v) is 19.3. The first-order valence-electron chi connectivity index (χ1n) is 9.85. The molecule has 168 valence electrons. The van der Waals surface area contributed by atoms with Crippen LogP contribution >= 0.6 is 11.3 Å². The molecule has 0 unspecified atom stereocenters. The molecule has 33 heavy (non-hydrogen) atoms. The summed E-state index contributed by atoms with van der Waals surface area (Å²) in [5.41, 5.74) is 5.40. The maximum absolute atomic E-state index is 8.49. The summed E-state index contributed by atoms with van der Waals surface area (Å²) in [4.78, 5) is 8.37. The van der Waals surface area contributed by atoms with E-state index in [1.165, 1.54) is 15.8 Å². The zero-order valence-electron chi connectivity index (χ0n) is 17.7. The van der Waals surface area contributed by atoms with E-state index < -0.39 is 10.2 Å². The maximum Gasteiger partial charge on any atom is 0.381 e. The van der Waals surface area contributed by atoms with Gasteiger partial charge in [-0.25, -0.2) is 23.6 Å². The van der Waals surface area contributed by atoms with Crippen molar-refractivity contribution in [1.29, 1.82) is 0 Å². The number of thiazole rings is 1. The highest BCUT2D eigenvalue weighted by molar-refractivity contribution is 7.21. The molecule has 5 rings (SSSR count). The lowest BCUT2D eigenvalue weighted by Gasteiger charge is -2.17. The average Bonchev–Trinajstić information content (AvgIpc) is 3.16. The fraction of sp³-hybridized carbons (Fsp3) is 0.0833. The number of H-pyrrole nitrogens is 1. The molecule has 0 aliphatic heterocycles. The number of benzene rings is 3. The van der Waals surface area contributed by atoms with Crippen LogP contribution in [-0.2, 0) is 0 Å². The van der Waals surface area contributed by atoms with E-state index in [-0.39, 0.29) is 0 Å². The van der Waals surface area contributed by atoms with Crippen LogP contribution in [0.2, 0.25) is 0 Å². The van der Waals surface area contributed by atoms with Crippen LogP contribution in [-0.4, -0.2) is 0 Å². The number of hydrogen-bond donors (Lipinski definition) is 0. The quantitative estimate of drug-likeness (QED) is 0.373. The van der Waals surface area contributed by atoms with Crippen LogP contribution < -0.4 is 29.0 Å². The third-order valence-electron chi connectivity index (χ3n) is 4.79. The third-order valence-corrected chi connectivity index (χ3v) is 5.75. The van der Waals surface area contributed by atoms with Gasteiger partial charge >= 0.3 is 5.13 Å². The van der Waals surface area contributed by atoms with Crippen LogP contribution in [0.25, 0.3) is 32.5 Å². The first kappa shape index (κ1) is 23.1. The normalized spacial score (nSPS) is 12.1. The molecule has 0 radical (unpaired) electrons. The Morgan fingerprint density at radius 3 is 2.21 bits per heavy atom. The molecule has 1 N–H and O–H groups in total. The molecule has 0 aliphatic carbocycles. The summed E-state index contributed by atoms with van der Waals surface area (Å²) in [6, 6.07) is 24.9. The summed E-state index contributed by atoms with van der Waals surface area (Å²) in [6.45, 7) is 4.17. The van der Waals surface area contributed by atoms with Crippen molar-refractivity contribution >= 4 is 37.7 Å². The Balaban J connectivity index is 0.000000471. The van der Waals surface area contributed by atoms with Gasteiger partial charge in [0.25, 0.3) is 0 Å². The van der Waals surface area contributed by atoms with Gasteiger partial charge in [-0.15, -0.1) is 10.2 Å². The van der Waals surface area contributed by atoms with Gasteiger partial charge in [0.15, 0.2) is 5.36 Å². The van der Waals surface area contributed by atoms with Crippen LogP contribution in [0.15, 0.2) is 82.2 Å². The summed E-state index contributed by atoms with van der Waals surface area (Å²) in [6.07, 6.45) is 0. The monoisotopic (exact) mass is 482 g/mol. The van der Waals surface area contributed by atoms with Crippen molar-refractivity contribution in [3.63, 3.8) is 0 Å². The molecule has 0 saturated heterocycles. The van der Waals surface area contributed by atoms with E-state index in [0.717, 1.165) is 38.3 Å². The minimum absolute atomic E-state index is 0.816. The third kappa shape index (κ3) is 6.02. The number of para-hydroxylation sites is 1. The van der Waals surface area contributed by atoms with Gasteiger partial charge in [0.1, 0.15) is 16.9 Å². The van der Waals surface area contributed by atoms with Gasteiger partial charge < -0.3 is 4.42 Å². The molecular weight excluding hydrogens is 464 g/mol. The van der Waals surface area contributed by atoms with E-state index >= 15 is 0 Å². The number of nitrogens with one attached hydrogen (secondary N) is 1. The van der Waals surface area contributed by atoms with Crippen molar-refractivity contribution in [2.45, 2.75) is 13.8 Å². The predicted molar refractivity (Wildman–Crippen MR) is 115 cm³/mol. The Kier molecular flexibility index (Phi) is 6.57. The standard InChI is InChI=1S/C24H18N2OS.ClHO4/c1-15-7-10-17(11-8-15)22-14-20(18-13-16(2)9-12-21(18)27-22)26-24-25-19-5-3-4-6-23(19)28-24;2-1(3,4)5/h3-14H,1-2H3;(H,2,3,4,5)/b26-20+;. The topological polar surface area (TPSA) is 132 Å². The van der Waals surface area contributed by atoms with E-state index in [2.05, 4.69) is 67.4 Å². The van der Waals surface area contributed by atoms with Crippen molar-refractivity contribution in [3.05, 3.63) is 89.3 Å². The molecule has 7 nitrogen and oxygen atoms in total. The van der Waals surface area contributed by atoms with Crippen LogP contribution in [0.3, 0.4) is 0 Å². The average molecular weight is 483 g/mol. The number of fused-ring (bicyclic) bond motifs is 2. The first-order chi connectivity index (χ1) is 15.7. The second-order valence-corrected chi connectivity index (χ2v) is 9.17. The minimum atomic E-state index is -4.94. The molecule has 0 saturated carbocycles. The van der Waals surface area contributed by atoms with E-state index in [0.29, 0.717) is 0 Å². The molecule has 2 heterocycles. The molecule has 0 aliphatic rings. The molecule has 9 heteroatoms. The van der Waals surface area contributed by atoms with Gasteiger partial charge in [0.05, 0.1) is 10.1 Å². The molecule has 0 atom stereocenters. The highest BCUT2D eigenvalue weighted by Gasteiger charge is 2.13. The number of nitrogens with zero attached hydrogens (tertiary/aromatic N) is 1. The lowest BCUT2D eigenvalue weighted by molar-refractivity contribution is -2.00. The summed E-state index contributed by atoms with van der Waals surface area (Å²) in [7, 11) is -4.94. The van der Waals surface area contributed by atoms with Crippen molar-refractivity contribution < 1.29 is 38.3 Å². The second-order valence-electron chi connectivity index (χ2n) is 7.38. The second kappa shape index (κ2) is 9.40. The minimum Gasteiger partial charge on any atom is -0.456 e. The maximum atomic E-state index is 8.49. The van der Waals surface area contributed by atoms with E-state index in [1.54, 1.807) is 11.3 Å². The molecule has 0 spiro atoms. The Labute approximate surface area is 195 Å². The van der Waals surface area contributed by atoms with Gasteiger partial charge in [-0.2, -0.15) is 0 Å². The Morgan fingerprint density at radius 2 is 1.52 bits per heavy atom. The summed E-state index contributed by atoms with van der Waals surface area (Å²) in [5, 5.41) is 2.80. The number of aromatic amines is 1. The van der Waals surface area contributed by atoms with Crippen LogP contribution in [0.5, 0.6) is 0 Å². The summed E-state index contributed by atoms with van der Waals surface area (Å²) in [5.74, 6) is 0.816. The molecule has 2 aromatic heterocycles. The highest BCUT2D eigenvalue weighted by atomic mass is 35.7. The predicted octanol–water partition coefficient (Wildman–Crippen LogP) is 1.22. The number of hydrogen-bond acceptors (Lipinski definition) is 7. The summed E-state index contributed by atoms with van der Waals surface area (Å²) < 4.78 is 41.4. The molecule has 0 amide bonds. The Hall–Kier alpha value is -3.11. The molecule has 0 bridgehead atoms. The molecule has 5 aromatic rings. The smallest absolute Gasteiger partial charge is 0.381 e. The van der Waals surface area contributed by atoms with Gasteiger partial charge in [0, 0.05) is 11.6 Å². The van der Waals surface area contributed by atoms with Gasteiger partial charge in [-0.3, -0.25) is 0 Å². The Morgan fingerprint density at radius 1 is 0.848 bits per heavy atom. The highest BCUT2D eigenvalue weighted by Crippen LogP contribution is 2.26. The molecular formula is C24H19ClN2O5S. The summed E-state index contributed by atoms with van der Waals surface area (Å²) >= 11 is 1.66. The van der Waals surface area contributed by atoms with Crippen molar-refractivity contribution in [1.82, 2.24) is 0 Å². The lowest BCUT2D eigenvalue weighted by Crippen LogP contribution is -2.68. The SMILES string of the molecule is Cc1ccc(-c2c/c(=N\c3[nH+]c4ccccc4s3)c3cc(C)ccc3o2)cc1.[O-][Cl+3]([O-])([O-])[O-]. The number of rotatable bonds is 2. The van der Waals surface area contributed by atoms with Gasteiger partial charge in [-0.1, -0.05) is 53.6 Å². The van der Waals surface area contributed by atoms with Crippen molar-refractivity contribution in [3.8, 4) is 11.3 Å². The van der Waals surface area contributed by atoms with E-state index in [4.69, 9.17) is 28.0 Å². The number of aryl methyl sites for hydroxylation is 2. The van der Waals surface area contributed by atoms with E-state index in [1.807, 2.05) is 24.3 Å². The van der Waals surface area contributed by atoms with Gasteiger partial charge in [0.2, 0.25) is 0 Å². The fourth-order valence-electron chi connectivity index (χ4n) is 3.30. The van der Waals surface area contributed by atoms with Crippen molar-refractivity contribution in [2.24, 2.45) is 4.99 Å². The van der Waals surface area contributed by atoms with Crippen LogP contribution in [0.4, 0.5) is 5.13 Å². The Bertz CT molecular complexity index is 1450.